The van der Waals surface area contributed by atoms with E-state index in [1.54, 1.807) is 0 Å². The van der Waals surface area contributed by atoms with Gasteiger partial charge in [-0.3, -0.25) is 4.99 Å². The largest absolute Gasteiger partial charge is 0.494 e. The highest BCUT2D eigenvalue weighted by Gasteiger charge is 1.97. The molecule has 0 aliphatic rings. The number of fused-ring (bicyclic) bond motifs is 1. The summed E-state index contributed by atoms with van der Waals surface area (Å²) in [4.78, 5) is 3.98. The highest BCUT2D eigenvalue weighted by molar-refractivity contribution is 5.83. The van der Waals surface area contributed by atoms with Gasteiger partial charge in [-0.15, -0.1) is 0 Å². The molecule has 2 rings (SSSR count). The average Bonchev–Trinajstić information content (AvgIpc) is 2.56. The summed E-state index contributed by atoms with van der Waals surface area (Å²) < 4.78 is 5.84. The molecule has 0 saturated carbocycles. The van der Waals surface area contributed by atoms with Gasteiger partial charge in [0.2, 0.25) is 0 Å². The van der Waals surface area contributed by atoms with Crippen molar-refractivity contribution in [2.75, 3.05) is 13.2 Å². The smallest absolute Gasteiger partial charge is 0.185 e. The Bertz CT molecular complexity index is 621. The summed E-state index contributed by atoms with van der Waals surface area (Å²) in [5.74, 6) is 1.15. The van der Waals surface area contributed by atoms with Crippen molar-refractivity contribution in [2.24, 2.45) is 16.5 Å². The van der Waals surface area contributed by atoms with E-state index in [-0.39, 0.29) is 5.96 Å². The van der Waals surface area contributed by atoms with Crippen LogP contribution >= 0.6 is 0 Å². The van der Waals surface area contributed by atoms with E-state index in [0.29, 0.717) is 0 Å². The predicted octanol–water partition coefficient (Wildman–Crippen LogP) is 3.83. The van der Waals surface area contributed by atoms with E-state index in [2.05, 4.69) is 41.4 Å². The van der Waals surface area contributed by atoms with Crippen molar-refractivity contribution in [3.63, 3.8) is 0 Å². The minimum atomic E-state index is 0.191. The molecule has 0 aliphatic carbocycles. The van der Waals surface area contributed by atoms with Crippen LogP contribution in [0.15, 0.2) is 47.5 Å². The number of hydrogen-bond donors (Lipinski definition) is 2. The van der Waals surface area contributed by atoms with Gasteiger partial charge in [-0.2, -0.15) is 0 Å². The topological polar surface area (TPSA) is 73.6 Å². The van der Waals surface area contributed by atoms with Gasteiger partial charge in [0.1, 0.15) is 5.75 Å². The lowest BCUT2D eigenvalue weighted by Gasteiger charge is -2.07. The molecule has 0 radical (unpaired) electrons. The van der Waals surface area contributed by atoms with E-state index < -0.39 is 0 Å². The molecule has 0 fully saturated rings. The molecule has 2 aromatic rings. The fourth-order valence-electron chi connectivity index (χ4n) is 2.58. The molecule has 0 atom stereocenters. The van der Waals surface area contributed by atoms with Crippen LogP contribution in [0.5, 0.6) is 5.75 Å². The Balaban J connectivity index is 1.54. The number of rotatable bonds is 10. The van der Waals surface area contributed by atoms with Gasteiger partial charge in [-0.05, 0) is 35.7 Å². The van der Waals surface area contributed by atoms with E-state index in [4.69, 9.17) is 16.2 Å². The fraction of sp³-hybridized carbons (Fsp3) is 0.421. The van der Waals surface area contributed by atoms with E-state index in [0.717, 1.165) is 31.7 Å². The zero-order valence-electron chi connectivity index (χ0n) is 13.7. The number of aliphatic imine (C=N–C) groups is 1. The third kappa shape index (κ3) is 6.59. The fourth-order valence-corrected chi connectivity index (χ4v) is 2.58. The molecule has 4 heteroatoms. The van der Waals surface area contributed by atoms with Crippen molar-refractivity contribution in [1.29, 1.82) is 0 Å². The molecule has 0 aliphatic heterocycles. The molecule has 4 N–H and O–H groups in total. The van der Waals surface area contributed by atoms with E-state index in [1.807, 2.05) is 6.07 Å². The van der Waals surface area contributed by atoms with Crippen LogP contribution in [0.25, 0.3) is 10.8 Å². The Morgan fingerprint density at radius 1 is 0.826 bits per heavy atom. The number of benzene rings is 2. The number of hydrogen-bond acceptors (Lipinski definition) is 2. The highest BCUT2D eigenvalue weighted by Crippen LogP contribution is 2.20. The van der Waals surface area contributed by atoms with Gasteiger partial charge in [-0.25, -0.2) is 0 Å². The Morgan fingerprint density at radius 3 is 2.30 bits per heavy atom. The Hall–Kier alpha value is -2.23. The quantitative estimate of drug-likeness (QED) is 0.398. The first-order chi connectivity index (χ1) is 11.3. The maximum absolute atomic E-state index is 5.84. The van der Waals surface area contributed by atoms with E-state index in [1.165, 1.54) is 36.5 Å². The van der Waals surface area contributed by atoms with Gasteiger partial charge in [0, 0.05) is 6.54 Å². The number of unbranched alkanes of at least 4 members (excludes halogenated alkanes) is 5. The van der Waals surface area contributed by atoms with Crippen LogP contribution in [0.4, 0.5) is 0 Å². The Morgan fingerprint density at radius 2 is 1.52 bits per heavy atom. The van der Waals surface area contributed by atoms with Crippen LogP contribution in [0.2, 0.25) is 0 Å². The molecule has 0 heterocycles. The van der Waals surface area contributed by atoms with Crippen LogP contribution in [0, 0.1) is 0 Å². The standard InChI is InChI=1S/C19H27N3O/c20-19(21)22-13-7-3-1-2-4-8-14-23-18-12-11-16-9-5-6-10-17(16)15-18/h5-6,9-12,15H,1-4,7-8,13-14H2,(H4,20,21,22). The lowest BCUT2D eigenvalue weighted by atomic mass is 10.1. The SMILES string of the molecule is NC(N)=NCCCCCCCCOc1ccc2ccccc2c1. The molecular formula is C19H27N3O. The minimum Gasteiger partial charge on any atom is -0.494 e. The molecule has 0 spiro atoms. The van der Waals surface area contributed by atoms with Gasteiger partial charge in [-0.1, -0.05) is 56.0 Å². The summed E-state index contributed by atoms with van der Waals surface area (Å²) in [5, 5.41) is 2.48. The lowest BCUT2D eigenvalue weighted by Crippen LogP contribution is -2.22. The monoisotopic (exact) mass is 313 g/mol. The van der Waals surface area contributed by atoms with Crippen LogP contribution in [0.3, 0.4) is 0 Å². The van der Waals surface area contributed by atoms with Crippen LogP contribution in [-0.4, -0.2) is 19.1 Å². The first kappa shape index (κ1) is 17.1. The summed E-state index contributed by atoms with van der Waals surface area (Å²) >= 11 is 0. The van der Waals surface area contributed by atoms with Gasteiger partial charge in [0.15, 0.2) is 5.96 Å². The van der Waals surface area contributed by atoms with Gasteiger partial charge in [0.25, 0.3) is 0 Å². The molecule has 23 heavy (non-hydrogen) atoms. The summed E-state index contributed by atoms with van der Waals surface area (Å²) in [6.07, 6.45) is 7.02. The van der Waals surface area contributed by atoms with Crippen molar-refractivity contribution in [3.05, 3.63) is 42.5 Å². The third-order valence-corrected chi connectivity index (χ3v) is 3.84. The van der Waals surface area contributed by atoms with Gasteiger partial charge in [0.05, 0.1) is 6.61 Å². The Kier molecular flexibility index (Phi) is 7.24. The molecule has 0 aromatic heterocycles. The highest BCUT2D eigenvalue weighted by atomic mass is 16.5. The maximum atomic E-state index is 5.84. The van der Waals surface area contributed by atoms with Crippen molar-refractivity contribution < 1.29 is 4.74 Å². The number of guanidine groups is 1. The number of nitrogens with zero attached hydrogens (tertiary/aromatic N) is 1. The molecule has 0 amide bonds. The van der Waals surface area contributed by atoms with Crippen molar-refractivity contribution >= 4 is 16.7 Å². The van der Waals surface area contributed by atoms with Gasteiger partial charge < -0.3 is 16.2 Å². The maximum Gasteiger partial charge on any atom is 0.185 e. The van der Waals surface area contributed by atoms with Crippen molar-refractivity contribution in [2.45, 2.75) is 38.5 Å². The number of ether oxygens (including phenoxy) is 1. The molecular weight excluding hydrogens is 286 g/mol. The second-order valence-corrected chi connectivity index (χ2v) is 5.79. The molecule has 2 aromatic carbocycles. The van der Waals surface area contributed by atoms with Crippen molar-refractivity contribution in [3.8, 4) is 5.75 Å². The third-order valence-electron chi connectivity index (χ3n) is 3.84. The number of nitrogens with two attached hydrogens (primary N) is 2. The zero-order valence-corrected chi connectivity index (χ0v) is 13.7. The van der Waals surface area contributed by atoms with Crippen molar-refractivity contribution in [1.82, 2.24) is 0 Å². The van der Waals surface area contributed by atoms with Crippen LogP contribution in [0.1, 0.15) is 38.5 Å². The summed E-state index contributed by atoms with van der Waals surface area (Å²) in [6, 6.07) is 14.6. The lowest BCUT2D eigenvalue weighted by molar-refractivity contribution is 0.304. The van der Waals surface area contributed by atoms with Crippen LogP contribution in [-0.2, 0) is 0 Å². The van der Waals surface area contributed by atoms with Crippen LogP contribution < -0.4 is 16.2 Å². The zero-order chi connectivity index (χ0) is 16.3. The minimum absolute atomic E-state index is 0.191. The summed E-state index contributed by atoms with van der Waals surface area (Å²) in [6.45, 7) is 1.53. The second kappa shape index (κ2) is 9.72. The Labute approximate surface area is 138 Å². The summed E-state index contributed by atoms with van der Waals surface area (Å²) in [7, 11) is 0. The normalized spacial score (nSPS) is 10.6. The second-order valence-electron chi connectivity index (χ2n) is 5.79. The first-order valence-corrected chi connectivity index (χ1v) is 8.43. The average molecular weight is 313 g/mol. The van der Waals surface area contributed by atoms with Gasteiger partial charge >= 0.3 is 0 Å². The molecule has 124 valence electrons. The van der Waals surface area contributed by atoms with E-state index in [9.17, 15) is 0 Å². The van der Waals surface area contributed by atoms with E-state index >= 15 is 0 Å². The molecule has 0 bridgehead atoms. The molecule has 0 saturated heterocycles. The summed E-state index contributed by atoms with van der Waals surface area (Å²) in [5.41, 5.74) is 10.6. The molecule has 4 nitrogen and oxygen atoms in total. The molecule has 0 unspecified atom stereocenters. The first-order valence-electron chi connectivity index (χ1n) is 8.43. The predicted molar refractivity (Wildman–Crippen MR) is 97.8 cm³/mol.